The number of nitrogens with one attached hydrogen (secondary N) is 1. The number of benzene rings is 1. The molecule has 1 aromatic carbocycles. The maximum atomic E-state index is 13.3. The first-order chi connectivity index (χ1) is 18.2. The lowest BCUT2D eigenvalue weighted by Crippen LogP contribution is -2.46. The average Bonchev–Trinajstić information content (AvgIpc) is 3.30. The largest absolute Gasteiger partial charge is 0.480 e. The molecule has 2 aromatic heterocycles. The van der Waals surface area contributed by atoms with Gasteiger partial charge in [-0.05, 0) is 44.4 Å². The van der Waals surface area contributed by atoms with Crippen molar-refractivity contribution in [2.24, 2.45) is 4.99 Å². The summed E-state index contributed by atoms with van der Waals surface area (Å²) in [7, 11) is 3.13. The van der Waals surface area contributed by atoms with Crippen molar-refractivity contribution >= 4 is 46.8 Å². The topological polar surface area (TPSA) is 122 Å². The van der Waals surface area contributed by atoms with E-state index in [1.165, 1.54) is 34.9 Å². The van der Waals surface area contributed by atoms with Gasteiger partial charge in [-0.3, -0.25) is 14.6 Å². The number of anilines is 3. The summed E-state index contributed by atoms with van der Waals surface area (Å²) in [5.74, 6) is 0.977. The Morgan fingerprint density at radius 2 is 2.03 bits per heavy atom. The van der Waals surface area contributed by atoms with Crippen LogP contribution in [0.5, 0.6) is 5.88 Å². The highest BCUT2D eigenvalue weighted by molar-refractivity contribution is 7.98. The molecule has 0 radical (unpaired) electrons. The summed E-state index contributed by atoms with van der Waals surface area (Å²) in [6.07, 6.45) is 5.07. The van der Waals surface area contributed by atoms with E-state index in [1.807, 2.05) is 26.2 Å². The van der Waals surface area contributed by atoms with E-state index < -0.39 is 0 Å². The van der Waals surface area contributed by atoms with Gasteiger partial charge in [0, 0.05) is 29.9 Å². The number of ether oxygens (including phenoxy) is 2. The molecule has 2 aliphatic heterocycles. The first-order valence-corrected chi connectivity index (χ1v) is 13.0. The Hall–Kier alpha value is -4.19. The van der Waals surface area contributed by atoms with Crippen LogP contribution in [0.3, 0.4) is 0 Å². The molecule has 11 nitrogen and oxygen atoms in total. The molecule has 3 amide bonds. The summed E-state index contributed by atoms with van der Waals surface area (Å²) in [6.45, 7) is 4.69. The Bertz CT molecular complexity index is 1460. The molecule has 0 spiro atoms. The smallest absolute Gasteiger partial charge is 0.330 e. The normalized spacial score (nSPS) is 16.0. The van der Waals surface area contributed by atoms with Crippen LogP contribution in [0, 0.1) is 0 Å². The van der Waals surface area contributed by atoms with Crippen LogP contribution in [0.1, 0.15) is 35.3 Å². The fourth-order valence-corrected chi connectivity index (χ4v) is 4.50. The van der Waals surface area contributed by atoms with Crippen molar-refractivity contribution in [3.8, 4) is 5.88 Å². The number of rotatable bonds is 6. The molecule has 5 rings (SSSR count). The predicted octanol–water partition coefficient (Wildman–Crippen LogP) is 3.99. The zero-order valence-electron chi connectivity index (χ0n) is 21.7. The van der Waals surface area contributed by atoms with E-state index in [4.69, 9.17) is 9.47 Å². The van der Waals surface area contributed by atoms with Gasteiger partial charge in [0.15, 0.2) is 5.16 Å². The maximum absolute atomic E-state index is 13.3. The third-order valence-corrected chi connectivity index (χ3v) is 6.64. The van der Waals surface area contributed by atoms with Crippen LogP contribution in [0.15, 0.2) is 52.9 Å². The Kier molecular flexibility index (Phi) is 6.66. The highest BCUT2D eigenvalue weighted by atomic mass is 32.2. The molecule has 0 saturated heterocycles. The lowest BCUT2D eigenvalue weighted by atomic mass is 10.1. The fourth-order valence-electron chi connectivity index (χ4n) is 4.17. The molecular weight excluding hydrogens is 506 g/mol. The zero-order chi connectivity index (χ0) is 27.0. The number of urea groups is 1. The van der Waals surface area contributed by atoms with E-state index in [0.717, 1.165) is 11.1 Å². The molecule has 3 aromatic rings. The third-order valence-electron chi connectivity index (χ3n) is 6.08. The van der Waals surface area contributed by atoms with E-state index in [1.54, 1.807) is 37.5 Å². The molecule has 38 heavy (non-hydrogen) atoms. The summed E-state index contributed by atoms with van der Waals surface area (Å²) in [5.41, 5.74) is 2.44. The summed E-state index contributed by atoms with van der Waals surface area (Å²) in [6, 6.07) is 8.43. The van der Waals surface area contributed by atoms with Crippen LogP contribution >= 0.6 is 11.8 Å². The molecule has 0 aliphatic carbocycles. The molecule has 0 saturated carbocycles. The molecule has 0 atom stereocenters. The van der Waals surface area contributed by atoms with Gasteiger partial charge in [-0.1, -0.05) is 17.8 Å². The van der Waals surface area contributed by atoms with Crippen LogP contribution in [0.25, 0.3) is 0 Å². The second-order valence-corrected chi connectivity index (χ2v) is 10.2. The lowest BCUT2D eigenvalue weighted by molar-refractivity contribution is 0.102. The van der Waals surface area contributed by atoms with Crippen molar-refractivity contribution < 1.29 is 19.1 Å². The predicted molar refractivity (Wildman–Crippen MR) is 146 cm³/mol. The zero-order valence-corrected chi connectivity index (χ0v) is 22.5. The standard InChI is InChI=1S/C26H27N7O4S/c1-26(2)14-37-22(31-26)16-8-6-7-15(9-16)21(34)29-18-10-19(23(36-4)27-12-18)33-13-17-11-28-24(38-5)30-20(17)32(3)25(33)35/h6-12H,13-14H2,1-5H3,(H,29,34). The molecule has 1 N–H and O–H groups in total. The number of hydrogen-bond donors (Lipinski definition) is 1. The van der Waals surface area contributed by atoms with Gasteiger partial charge >= 0.3 is 6.03 Å². The van der Waals surface area contributed by atoms with Crippen molar-refractivity contribution in [2.75, 3.05) is 42.1 Å². The summed E-state index contributed by atoms with van der Waals surface area (Å²) >= 11 is 1.40. The minimum absolute atomic E-state index is 0.225. The minimum atomic E-state index is -0.340. The number of carbonyl (C=O) groups excluding carboxylic acids is 2. The Morgan fingerprint density at radius 1 is 1.21 bits per heavy atom. The van der Waals surface area contributed by atoms with Crippen molar-refractivity contribution in [2.45, 2.75) is 31.1 Å². The number of nitrogens with zero attached hydrogens (tertiary/aromatic N) is 6. The molecule has 12 heteroatoms. The summed E-state index contributed by atoms with van der Waals surface area (Å²) in [5, 5.41) is 3.45. The van der Waals surface area contributed by atoms with Crippen LogP contribution in [0.4, 0.5) is 22.0 Å². The number of thioether (sulfide) groups is 1. The van der Waals surface area contributed by atoms with Gasteiger partial charge in [-0.15, -0.1) is 0 Å². The molecular formula is C26H27N7O4S. The number of amides is 3. The highest BCUT2D eigenvalue weighted by Crippen LogP contribution is 2.35. The van der Waals surface area contributed by atoms with E-state index in [9.17, 15) is 9.59 Å². The number of pyridine rings is 1. The number of fused-ring (bicyclic) bond motifs is 1. The van der Waals surface area contributed by atoms with Gasteiger partial charge in [-0.2, -0.15) is 0 Å². The lowest BCUT2D eigenvalue weighted by Gasteiger charge is -2.34. The SMILES string of the molecule is COc1ncc(NC(=O)c2cccc(C3=NC(C)(C)CO3)c2)cc1N1Cc2cnc(SC)nc2N(C)C1=O. The quantitative estimate of drug-likeness (QED) is 0.373. The monoisotopic (exact) mass is 533 g/mol. The van der Waals surface area contributed by atoms with E-state index in [0.29, 0.717) is 40.4 Å². The van der Waals surface area contributed by atoms with Crippen LogP contribution in [-0.4, -0.2) is 65.3 Å². The van der Waals surface area contributed by atoms with Gasteiger partial charge in [0.2, 0.25) is 11.8 Å². The van der Waals surface area contributed by atoms with Gasteiger partial charge in [-0.25, -0.2) is 24.7 Å². The van der Waals surface area contributed by atoms with E-state index in [-0.39, 0.29) is 29.9 Å². The van der Waals surface area contributed by atoms with Crippen molar-refractivity contribution in [1.82, 2.24) is 15.0 Å². The Balaban J connectivity index is 1.41. The van der Waals surface area contributed by atoms with Crippen molar-refractivity contribution in [3.63, 3.8) is 0 Å². The average molecular weight is 534 g/mol. The summed E-state index contributed by atoms with van der Waals surface area (Å²) in [4.78, 5) is 47.2. The van der Waals surface area contributed by atoms with E-state index in [2.05, 4.69) is 25.3 Å². The van der Waals surface area contributed by atoms with Crippen LogP contribution < -0.4 is 19.9 Å². The molecule has 0 fully saturated rings. The maximum Gasteiger partial charge on any atom is 0.330 e. The third kappa shape index (κ3) is 4.86. The molecule has 4 heterocycles. The van der Waals surface area contributed by atoms with Crippen LogP contribution in [0.2, 0.25) is 0 Å². The molecule has 196 valence electrons. The van der Waals surface area contributed by atoms with Crippen molar-refractivity contribution in [3.05, 3.63) is 59.4 Å². The number of methoxy groups -OCH3 is 1. The number of hydrogen-bond acceptors (Lipinski definition) is 9. The fraction of sp³-hybridized carbons (Fsp3) is 0.308. The number of carbonyl (C=O) groups is 2. The molecule has 2 aliphatic rings. The van der Waals surface area contributed by atoms with Gasteiger partial charge in [0.25, 0.3) is 5.91 Å². The first kappa shape index (κ1) is 25.5. The number of aromatic nitrogens is 3. The van der Waals surface area contributed by atoms with Gasteiger partial charge in [0.1, 0.15) is 18.1 Å². The minimum Gasteiger partial charge on any atom is -0.480 e. The molecule has 0 unspecified atom stereocenters. The van der Waals surface area contributed by atoms with Crippen molar-refractivity contribution in [1.29, 1.82) is 0 Å². The van der Waals surface area contributed by atoms with Crippen LogP contribution in [-0.2, 0) is 11.3 Å². The Morgan fingerprint density at radius 3 is 2.74 bits per heavy atom. The van der Waals surface area contributed by atoms with Gasteiger partial charge in [0.05, 0.1) is 31.1 Å². The first-order valence-electron chi connectivity index (χ1n) is 11.8. The summed E-state index contributed by atoms with van der Waals surface area (Å²) < 4.78 is 11.2. The van der Waals surface area contributed by atoms with E-state index >= 15 is 0 Å². The van der Waals surface area contributed by atoms with Gasteiger partial charge < -0.3 is 14.8 Å². The highest BCUT2D eigenvalue weighted by Gasteiger charge is 2.33. The second-order valence-electron chi connectivity index (χ2n) is 9.44. The Labute approximate surface area is 224 Å². The molecule has 0 bridgehead atoms. The second kappa shape index (κ2) is 9.93. The number of aliphatic imine (C=N–C) groups is 1.